The summed E-state index contributed by atoms with van der Waals surface area (Å²) in [6, 6.07) is 0. The maximum Gasteiger partial charge on any atom is 0.161 e. The highest BCUT2D eigenvalue weighted by Gasteiger charge is 2.37. The van der Waals surface area contributed by atoms with Crippen LogP contribution in [0.5, 0.6) is 0 Å². The minimum absolute atomic E-state index is 0.183. The van der Waals surface area contributed by atoms with Crippen molar-refractivity contribution in [2.75, 3.05) is 19.7 Å². The number of hydrogen-bond acceptors (Lipinski definition) is 3. The molecule has 1 aliphatic rings. The lowest BCUT2D eigenvalue weighted by Crippen LogP contribution is -2.49. The number of carbonyl (C=O) groups is 1. The number of ether oxygens (including phenoxy) is 1. The van der Waals surface area contributed by atoms with Crippen LogP contribution in [0.3, 0.4) is 0 Å². The fourth-order valence-electron chi connectivity index (χ4n) is 1.73. The Morgan fingerprint density at radius 3 is 2.54 bits per heavy atom. The van der Waals surface area contributed by atoms with Crippen LogP contribution < -0.4 is 5.32 Å². The van der Waals surface area contributed by atoms with Crippen molar-refractivity contribution in [2.24, 2.45) is 0 Å². The number of hydrogen-bond donors (Lipinski definition) is 1. The predicted molar refractivity (Wildman–Crippen MR) is 51.8 cm³/mol. The van der Waals surface area contributed by atoms with E-state index in [9.17, 15) is 4.79 Å². The van der Waals surface area contributed by atoms with Gasteiger partial charge in [-0.15, -0.1) is 0 Å². The summed E-state index contributed by atoms with van der Waals surface area (Å²) in [5.74, 6) is 0.183. The van der Waals surface area contributed by atoms with Gasteiger partial charge in [-0.05, 0) is 39.3 Å². The van der Waals surface area contributed by atoms with Crippen molar-refractivity contribution in [1.29, 1.82) is 0 Å². The minimum Gasteiger partial charge on any atom is -0.367 e. The molecule has 3 heteroatoms. The molecule has 1 fully saturated rings. The molecule has 0 aliphatic carbocycles. The molecule has 1 N–H and O–H groups in total. The standard InChI is InChI=1S/C10H19NO2/c1-3-8-13-10(9(2)12)4-6-11-7-5-10/h11H,3-8H2,1-2H3. The number of piperidine rings is 1. The van der Waals surface area contributed by atoms with Gasteiger partial charge in [0.25, 0.3) is 0 Å². The first-order valence-electron chi connectivity index (χ1n) is 5.07. The quantitative estimate of drug-likeness (QED) is 0.713. The molecule has 1 saturated heterocycles. The van der Waals surface area contributed by atoms with E-state index in [-0.39, 0.29) is 5.78 Å². The van der Waals surface area contributed by atoms with Gasteiger partial charge in [-0.2, -0.15) is 0 Å². The highest BCUT2D eigenvalue weighted by molar-refractivity contribution is 5.85. The molecule has 3 nitrogen and oxygen atoms in total. The van der Waals surface area contributed by atoms with E-state index >= 15 is 0 Å². The number of nitrogens with one attached hydrogen (secondary N) is 1. The monoisotopic (exact) mass is 185 g/mol. The lowest BCUT2D eigenvalue weighted by atomic mass is 9.88. The van der Waals surface area contributed by atoms with Crippen LogP contribution in [0.25, 0.3) is 0 Å². The van der Waals surface area contributed by atoms with Crippen molar-refractivity contribution in [3.8, 4) is 0 Å². The smallest absolute Gasteiger partial charge is 0.161 e. The van der Waals surface area contributed by atoms with Gasteiger partial charge in [0.15, 0.2) is 5.78 Å². The Morgan fingerprint density at radius 2 is 2.08 bits per heavy atom. The second-order valence-electron chi connectivity index (χ2n) is 3.65. The molecule has 0 amide bonds. The topological polar surface area (TPSA) is 38.3 Å². The minimum atomic E-state index is -0.471. The number of Topliss-reactive ketones (excluding diaryl/α,β-unsaturated/α-hetero) is 1. The zero-order valence-electron chi connectivity index (χ0n) is 8.56. The third kappa shape index (κ3) is 2.51. The summed E-state index contributed by atoms with van der Waals surface area (Å²) in [6.07, 6.45) is 2.62. The van der Waals surface area contributed by atoms with E-state index in [2.05, 4.69) is 12.2 Å². The molecule has 0 bridgehead atoms. The molecular formula is C10H19NO2. The summed E-state index contributed by atoms with van der Waals surface area (Å²) < 4.78 is 5.69. The van der Waals surface area contributed by atoms with E-state index in [1.165, 1.54) is 0 Å². The van der Waals surface area contributed by atoms with Gasteiger partial charge in [0, 0.05) is 6.61 Å². The average Bonchev–Trinajstić information content (AvgIpc) is 2.16. The lowest BCUT2D eigenvalue weighted by molar-refractivity contribution is -0.146. The molecule has 1 aliphatic heterocycles. The van der Waals surface area contributed by atoms with Crippen LogP contribution in [-0.4, -0.2) is 31.1 Å². The van der Waals surface area contributed by atoms with Crippen molar-refractivity contribution >= 4 is 5.78 Å². The molecule has 0 aromatic heterocycles. The Labute approximate surface area is 79.8 Å². The van der Waals surface area contributed by atoms with Crippen LogP contribution in [0.2, 0.25) is 0 Å². The number of ketones is 1. The first-order valence-corrected chi connectivity index (χ1v) is 5.07. The molecule has 0 atom stereocenters. The van der Waals surface area contributed by atoms with Gasteiger partial charge >= 0.3 is 0 Å². The summed E-state index contributed by atoms with van der Waals surface area (Å²) in [4.78, 5) is 11.5. The zero-order chi connectivity index (χ0) is 9.73. The molecule has 0 aromatic carbocycles. The van der Waals surface area contributed by atoms with E-state index in [1.54, 1.807) is 6.92 Å². The van der Waals surface area contributed by atoms with Gasteiger partial charge in [-0.3, -0.25) is 4.79 Å². The fourth-order valence-corrected chi connectivity index (χ4v) is 1.73. The summed E-state index contributed by atoms with van der Waals surface area (Å²) >= 11 is 0. The van der Waals surface area contributed by atoms with Crippen LogP contribution in [0.1, 0.15) is 33.1 Å². The summed E-state index contributed by atoms with van der Waals surface area (Å²) in [7, 11) is 0. The van der Waals surface area contributed by atoms with Crippen molar-refractivity contribution in [2.45, 2.75) is 38.7 Å². The molecule has 0 aromatic rings. The second-order valence-corrected chi connectivity index (χ2v) is 3.65. The van der Waals surface area contributed by atoms with Crippen molar-refractivity contribution in [3.05, 3.63) is 0 Å². The van der Waals surface area contributed by atoms with Crippen molar-refractivity contribution < 1.29 is 9.53 Å². The van der Waals surface area contributed by atoms with Gasteiger partial charge < -0.3 is 10.1 Å². The van der Waals surface area contributed by atoms with Crippen LogP contribution in [0.4, 0.5) is 0 Å². The Balaban J connectivity index is 2.56. The van der Waals surface area contributed by atoms with E-state index < -0.39 is 5.60 Å². The second kappa shape index (κ2) is 4.72. The molecule has 0 saturated carbocycles. The summed E-state index contributed by atoms with van der Waals surface area (Å²) in [5.41, 5.74) is -0.471. The van der Waals surface area contributed by atoms with Crippen LogP contribution in [0, 0.1) is 0 Å². The largest absolute Gasteiger partial charge is 0.367 e. The van der Waals surface area contributed by atoms with Gasteiger partial charge in [-0.25, -0.2) is 0 Å². The van der Waals surface area contributed by atoms with Gasteiger partial charge in [-0.1, -0.05) is 6.92 Å². The van der Waals surface area contributed by atoms with Crippen LogP contribution in [-0.2, 0) is 9.53 Å². The molecule has 1 heterocycles. The molecule has 0 spiro atoms. The molecule has 0 unspecified atom stereocenters. The first-order chi connectivity index (χ1) is 6.21. The van der Waals surface area contributed by atoms with Gasteiger partial charge in [0.1, 0.15) is 5.60 Å². The lowest BCUT2D eigenvalue weighted by Gasteiger charge is -2.35. The Hall–Kier alpha value is -0.410. The maximum atomic E-state index is 11.5. The molecule has 76 valence electrons. The molecule has 13 heavy (non-hydrogen) atoms. The van der Waals surface area contributed by atoms with Crippen molar-refractivity contribution in [3.63, 3.8) is 0 Å². The Kier molecular flexibility index (Phi) is 3.88. The Morgan fingerprint density at radius 1 is 1.46 bits per heavy atom. The predicted octanol–water partition coefficient (Wildman–Crippen LogP) is 1.12. The third-order valence-electron chi connectivity index (χ3n) is 2.64. The molecule has 1 rings (SSSR count). The maximum absolute atomic E-state index is 11.5. The Bertz CT molecular complexity index is 174. The average molecular weight is 185 g/mol. The molecule has 0 radical (unpaired) electrons. The first kappa shape index (κ1) is 10.7. The number of rotatable bonds is 4. The van der Waals surface area contributed by atoms with Gasteiger partial charge in [0.2, 0.25) is 0 Å². The molecular weight excluding hydrogens is 166 g/mol. The van der Waals surface area contributed by atoms with Crippen LogP contribution in [0.15, 0.2) is 0 Å². The van der Waals surface area contributed by atoms with E-state index in [0.29, 0.717) is 6.61 Å². The third-order valence-corrected chi connectivity index (χ3v) is 2.64. The zero-order valence-corrected chi connectivity index (χ0v) is 8.56. The summed E-state index contributed by atoms with van der Waals surface area (Å²) in [6.45, 7) is 6.18. The fraction of sp³-hybridized carbons (Fsp3) is 0.900. The van der Waals surface area contributed by atoms with E-state index in [1.807, 2.05) is 0 Å². The van der Waals surface area contributed by atoms with Crippen molar-refractivity contribution in [1.82, 2.24) is 5.32 Å². The summed E-state index contributed by atoms with van der Waals surface area (Å²) in [5, 5.41) is 3.24. The highest BCUT2D eigenvalue weighted by atomic mass is 16.5. The SMILES string of the molecule is CCCOC1(C(C)=O)CCNCC1. The van der Waals surface area contributed by atoms with E-state index in [4.69, 9.17) is 4.74 Å². The van der Waals surface area contributed by atoms with E-state index in [0.717, 1.165) is 32.4 Å². The highest BCUT2D eigenvalue weighted by Crippen LogP contribution is 2.24. The van der Waals surface area contributed by atoms with Gasteiger partial charge in [0.05, 0.1) is 0 Å². The number of carbonyl (C=O) groups excluding carboxylic acids is 1. The normalized spacial score (nSPS) is 21.4. The van der Waals surface area contributed by atoms with Crippen LogP contribution >= 0.6 is 0 Å².